The van der Waals surface area contributed by atoms with E-state index in [0.717, 1.165) is 32.1 Å². The highest BCUT2D eigenvalue weighted by Crippen LogP contribution is 2.41. The van der Waals surface area contributed by atoms with Crippen molar-refractivity contribution < 1.29 is 13.5 Å². The molecule has 0 N–H and O–H groups in total. The van der Waals surface area contributed by atoms with Gasteiger partial charge in [-0.25, -0.2) is 4.39 Å². The van der Waals surface area contributed by atoms with Crippen LogP contribution in [0.4, 0.5) is 8.78 Å². The standard InChI is InChI=1S/C20H26F2O/c1-5-13(4)23-20-15(7-3)12-17(18(21)19(20)22)16-10-8-14(6-2)9-11-16/h5,7,12-14,16H,1,3,6,8-11H2,2,4H3. The van der Waals surface area contributed by atoms with E-state index in [4.69, 9.17) is 4.74 Å². The van der Waals surface area contributed by atoms with E-state index >= 15 is 0 Å². The second-order valence-electron chi connectivity index (χ2n) is 6.40. The van der Waals surface area contributed by atoms with E-state index in [1.54, 1.807) is 19.1 Å². The molecule has 0 spiro atoms. The summed E-state index contributed by atoms with van der Waals surface area (Å²) in [5, 5.41) is 0. The third-order valence-corrected chi connectivity index (χ3v) is 4.94. The Balaban J connectivity index is 2.33. The van der Waals surface area contributed by atoms with Gasteiger partial charge in [0, 0.05) is 5.56 Å². The largest absolute Gasteiger partial charge is 0.483 e. The van der Waals surface area contributed by atoms with Gasteiger partial charge in [-0.1, -0.05) is 38.7 Å². The first kappa shape index (κ1) is 17.7. The van der Waals surface area contributed by atoms with E-state index in [9.17, 15) is 8.78 Å². The Morgan fingerprint density at radius 1 is 1.22 bits per heavy atom. The number of ether oxygens (including phenoxy) is 1. The summed E-state index contributed by atoms with van der Waals surface area (Å²) in [4.78, 5) is 0. The summed E-state index contributed by atoms with van der Waals surface area (Å²) in [6.45, 7) is 11.2. The second-order valence-corrected chi connectivity index (χ2v) is 6.40. The normalized spacial score (nSPS) is 22.4. The Morgan fingerprint density at radius 3 is 2.39 bits per heavy atom. The molecule has 3 heteroatoms. The molecule has 1 aromatic rings. The second kappa shape index (κ2) is 7.76. The number of hydrogen-bond acceptors (Lipinski definition) is 1. The zero-order chi connectivity index (χ0) is 17.0. The Morgan fingerprint density at radius 2 is 1.87 bits per heavy atom. The molecule has 126 valence electrons. The Labute approximate surface area is 138 Å². The number of benzene rings is 1. The Hall–Kier alpha value is -1.64. The molecule has 0 aliphatic heterocycles. The van der Waals surface area contributed by atoms with Crippen molar-refractivity contribution in [1.29, 1.82) is 0 Å². The van der Waals surface area contributed by atoms with Gasteiger partial charge in [0.15, 0.2) is 11.6 Å². The molecule has 0 bridgehead atoms. The van der Waals surface area contributed by atoms with Gasteiger partial charge in [0.1, 0.15) is 6.10 Å². The number of rotatable bonds is 6. The lowest BCUT2D eigenvalue weighted by molar-refractivity contribution is 0.250. The first-order chi connectivity index (χ1) is 11.0. The maximum Gasteiger partial charge on any atom is 0.201 e. The summed E-state index contributed by atoms with van der Waals surface area (Å²) in [5.74, 6) is -0.965. The van der Waals surface area contributed by atoms with Gasteiger partial charge in [0.25, 0.3) is 0 Å². The summed E-state index contributed by atoms with van der Waals surface area (Å²) < 4.78 is 34.6. The van der Waals surface area contributed by atoms with Crippen LogP contribution in [0.5, 0.6) is 5.75 Å². The molecule has 1 unspecified atom stereocenters. The summed E-state index contributed by atoms with van der Waals surface area (Å²) >= 11 is 0. The summed E-state index contributed by atoms with van der Waals surface area (Å²) in [5.41, 5.74) is 0.968. The smallest absolute Gasteiger partial charge is 0.201 e. The summed E-state index contributed by atoms with van der Waals surface area (Å²) in [6.07, 6.45) is 7.82. The zero-order valence-electron chi connectivity index (χ0n) is 14.1. The fourth-order valence-electron chi connectivity index (χ4n) is 3.33. The van der Waals surface area contributed by atoms with E-state index in [1.165, 1.54) is 6.08 Å². The molecule has 1 atom stereocenters. The number of halogens is 2. The van der Waals surface area contributed by atoms with Crippen molar-refractivity contribution in [3.05, 3.63) is 48.1 Å². The topological polar surface area (TPSA) is 9.23 Å². The molecule has 1 saturated carbocycles. The maximum absolute atomic E-state index is 14.6. The van der Waals surface area contributed by atoms with E-state index in [1.807, 2.05) is 0 Å². The van der Waals surface area contributed by atoms with Gasteiger partial charge in [-0.3, -0.25) is 0 Å². The minimum absolute atomic E-state index is 0.0732. The van der Waals surface area contributed by atoms with Crippen LogP contribution in [-0.4, -0.2) is 6.10 Å². The van der Waals surface area contributed by atoms with Crippen molar-refractivity contribution in [3.8, 4) is 5.75 Å². The molecule has 1 nitrogen and oxygen atoms in total. The molecule has 0 radical (unpaired) electrons. The summed E-state index contributed by atoms with van der Waals surface area (Å²) in [6, 6.07) is 1.70. The first-order valence-electron chi connectivity index (χ1n) is 8.45. The molecule has 2 rings (SSSR count). The van der Waals surface area contributed by atoms with Gasteiger partial charge in [0.05, 0.1) is 0 Å². The lowest BCUT2D eigenvalue weighted by Crippen LogP contribution is -2.16. The van der Waals surface area contributed by atoms with Crippen LogP contribution in [0.3, 0.4) is 0 Å². The molecule has 0 saturated heterocycles. The molecule has 1 aromatic carbocycles. The van der Waals surface area contributed by atoms with E-state index in [0.29, 0.717) is 17.0 Å². The molecule has 0 amide bonds. The van der Waals surface area contributed by atoms with Crippen molar-refractivity contribution in [2.75, 3.05) is 0 Å². The predicted octanol–water partition coefficient (Wildman–Crippen LogP) is 6.24. The molecule has 1 fully saturated rings. The third-order valence-electron chi connectivity index (χ3n) is 4.94. The van der Waals surface area contributed by atoms with Crippen LogP contribution >= 0.6 is 0 Å². The Bertz CT molecular complexity index is 571. The molecular weight excluding hydrogens is 294 g/mol. The van der Waals surface area contributed by atoms with Crippen molar-refractivity contribution in [2.24, 2.45) is 5.92 Å². The average molecular weight is 320 g/mol. The highest BCUT2D eigenvalue weighted by atomic mass is 19.2. The van der Waals surface area contributed by atoms with Gasteiger partial charge in [-0.15, -0.1) is 0 Å². The van der Waals surface area contributed by atoms with Crippen LogP contribution in [0, 0.1) is 17.6 Å². The lowest BCUT2D eigenvalue weighted by atomic mass is 9.77. The fraction of sp³-hybridized carbons (Fsp3) is 0.500. The minimum Gasteiger partial charge on any atom is -0.483 e. The average Bonchev–Trinajstić information content (AvgIpc) is 2.59. The molecular formula is C20H26F2O. The van der Waals surface area contributed by atoms with Gasteiger partial charge >= 0.3 is 0 Å². The van der Waals surface area contributed by atoms with Crippen LogP contribution in [0.25, 0.3) is 6.08 Å². The zero-order valence-corrected chi connectivity index (χ0v) is 14.1. The fourth-order valence-corrected chi connectivity index (χ4v) is 3.33. The summed E-state index contributed by atoms with van der Waals surface area (Å²) in [7, 11) is 0. The van der Waals surface area contributed by atoms with Crippen molar-refractivity contribution in [3.63, 3.8) is 0 Å². The van der Waals surface area contributed by atoms with Crippen molar-refractivity contribution in [2.45, 2.75) is 58.0 Å². The van der Waals surface area contributed by atoms with Gasteiger partial charge in [0.2, 0.25) is 5.82 Å². The van der Waals surface area contributed by atoms with Crippen molar-refractivity contribution in [1.82, 2.24) is 0 Å². The molecule has 0 aromatic heterocycles. The van der Waals surface area contributed by atoms with E-state index < -0.39 is 17.7 Å². The SMILES string of the molecule is C=Cc1cc(C2CCC(CC)CC2)c(F)c(F)c1OC(C)C=C. The highest BCUT2D eigenvalue weighted by molar-refractivity contribution is 5.58. The highest BCUT2D eigenvalue weighted by Gasteiger charge is 2.27. The maximum atomic E-state index is 14.6. The Kier molecular flexibility index (Phi) is 5.97. The lowest BCUT2D eigenvalue weighted by Gasteiger charge is -2.29. The molecule has 23 heavy (non-hydrogen) atoms. The van der Waals surface area contributed by atoms with Crippen molar-refractivity contribution >= 4 is 6.08 Å². The van der Waals surface area contributed by atoms with Gasteiger partial charge in [-0.2, -0.15) is 4.39 Å². The van der Waals surface area contributed by atoms with Crippen LogP contribution in [0.15, 0.2) is 25.3 Å². The van der Waals surface area contributed by atoms with Crippen LogP contribution in [-0.2, 0) is 0 Å². The molecule has 1 aliphatic carbocycles. The van der Waals surface area contributed by atoms with Gasteiger partial charge in [-0.05, 0) is 56.1 Å². The van der Waals surface area contributed by atoms with Gasteiger partial charge < -0.3 is 4.74 Å². The predicted molar refractivity (Wildman–Crippen MR) is 91.7 cm³/mol. The minimum atomic E-state index is -0.913. The molecule has 1 aliphatic rings. The quantitative estimate of drug-likeness (QED) is 0.563. The third kappa shape index (κ3) is 3.82. The van der Waals surface area contributed by atoms with Crippen LogP contribution < -0.4 is 4.74 Å². The molecule has 0 heterocycles. The number of hydrogen-bond donors (Lipinski definition) is 0. The monoisotopic (exact) mass is 320 g/mol. The first-order valence-corrected chi connectivity index (χ1v) is 8.45. The van der Waals surface area contributed by atoms with E-state index in [-0.39, 0.29) is 11.7 Å². The van der Waals surface area contributed by atoms with Crippen LogP contribution in [0.2, 0.25) is 0 Å². The van der Waals surface area contributed by atoms with Crippen LogP contribution in [0.1, 0.15) is 63.0 Å². The van der Waals surface area contributed by atoms with E-state index in [2.05, 4.69) is 20.1 Å².